The molecule has 0 aliphatic carbocycles. The third-order valence-corrected chi connectivity index (χ3v) is 4.40. The van der Waals surface area contributed by atoms with Crippen molar-refractivity contribution < 1.29 is 14.3 Å². The monoisotopic (exact) mass is 456 g/mol. The summed E-state index contributed by atoms with van der Waals surface area (Å²) in [6.07, 6.45) is 1.49. The molecule has 0 atom stereocenters. The first-order valence-corrected chi connectivity index (χ1v) is 9.35. The lowest BCUT2D eigenvalue weighted by Gasteiger charge is -2.05. The number of halogens is 2. The SMILES string of the molecule is O=C(N/N=C/c1ccc(OC(=O)c2ccc(Br)cc2)cc1)c1cccc(Cl)c1. The van der Waals surface area contributed by atoms with Crippen LogP contribution in [0.25, 0.3) is 0 Å². The van der Waals surface area contributed by atoms with E-state index in [1.165, 1.54) is 6.21 Å². The van der Waals surface area contributed by atoms with Crippen LogP contribution in [0.3, 0.4) is 0 Å². The number of hydrogen-bond donors (Lipinski definition) is 1. The normalized spacial score (nSPS) is 10.6. The van der Waals surface area contributed by atoms with Crippen LogP contribution < -0.4 is 10.2 Å². The molecule has 3 rings (SSSR count). The number of esters is 1. The van der Waals surface area contributed by atoms with Gasteiger partial charge in [-0.05, 0) is 72.3 Å². The Morgan fingerprint density at radius 2 is 1.68 bits per heavy atom. The zero-order valence-corrected chi connectivity index (χ0v) is 16.8. The quantitative estimate of drug-likeness (QED) is 0.251. The summed E-state index contributed by atoms with van der Waals surface area (Å²) in [6.45, 7) is 0. The van der Waals surface area contributed by atoms with E-state index in [1.807, 2.05) is 0 Å². The molecule has 0 saturated heterocycles. The van der Waals surface area contributed by atoms with Crippen molar-refractivity contribution >= 4 is 45.6 Å². The number of amides is 1. The molecular weight excluding hydrogens is 444 g/mol. The molecule has 0 fully saturated rings. The molecule has 0 spiro atoms. The van der Waals surface area contributed by atoms with E-state index in [2.05, 4.69) is 26.5 Å². The van der Waals surface area contributed by atoms with Gasteiger partial charge in [-0.15, -0.1) is 0 Å². The second-order valence-corrected chi connectivity index (χ2v) is 7.03. The van der Waals surface area contributed by atoms with E-state index >= 15 is 0 Å². The zero-order chi connectivity index (χ0) is 19.9. The smallest absolute Gasteiger partial charge is 0.343 e. The van der Waals surface area contributed by atoms with E-state index in [0.29, 0.717) is 21.9 Å². The summed E-state index contributed by atoms with van der Waals surface area (Å²) in [5.74, 6) is -0.394. The van der Waals surface area contributed by atoms with Gasteiger partial charge in [0.05, 0.1) is 11.8 Å². The molecule has 0 aliphatic heterocycles. The minimum absolute atomic E-state index is 0.362. The van der Waals surface area contributed by atoms with Crippen molar-refractivity contribution in [3.63, 3.8) is 0 Å². The number of hydrazone groups is 1. The Labute approximate surface area is 175 Å². The van der Waals surface area contributed by atoms with Gasteiger partial charge in [-0.2, -0.15) is 5.10 Å². The number of ether oxygens (including phenoxy) is 1. The molecule has 0 aliphatic rings. The lowest BCUT2D eigenvalue weighted by Crippen LogP contribution is -2.17. The van der Waals surface area contributed by atoms with Gasteiger partial charge < -0.3 is 4.74 Å². The Morgan fingerprint density at radius 1 is 0.964 bits per heavy atom. The highest BCUT2D eigenvalue weighted by atomic mass is 79.9. The number of benzene rings is 3. The lowest BCUT2D eigenvalue weighted by atomic mass is 10.2. The first kappa shape index (κ1) is 19.8. The van der Waals surface area contributed by atoms with E-state index in [-0.39, 0.29) is 5.91 Å². The predicted octanol–water partition coefficient (Wildman–Crippen LogP) is 5.09. The van der Waals surface area contributed by atoms with E-state index < -0.39 is 5.97 Å². The van der Waals surface area contributed by atoms with Crippen molar-refractivity contribution in [3.05, 3.63) is 99.0 Å². The highest BCUT2D eigenvalue weighted by molar-refractivity contribution is 9.10. The van der Waals surface area contributed by atoms with E-state index in [0.717, 1.165) is 10.0 Å². The summed E-state index contributed by atoms with van der Waals surface area (Å²) in [4.78, 5) is 24.1. The fourth-order valence-corrected chi connectivity index (χ4v) is 2.69. The van der Waals surface area contributed by atoms with Crippen molar-refractivity contribution in [2.45, 2.75) is 0 Å². The largest absolute Gasteiger partial charge is 0.423 e. The van der Waals surface area contributed by atoms with Gasteiger partial charge in [0.15, 0.2) is 0 Å². The van der Waals surface area contributed by atoms with E-state index in [4.69, 9.17) is 16.3 Å². The van der Waals surface area contributed by atoms with Crippen LogP contribution in [-0.2, 0) is 0 Å². The summed E-state index contributed by atoms with van der Waals surface area (Å²) in [5.41, 5.74) is 4.03. The van der Waals surface area contributed by atoms with Gasteiger partial charge in [0.25, 0.3) is 5.91 Å². The van der Waals surface area contributed by atoms with Crippen molar-refractivity contribution in [2.75, 3.05) is 0 Å². The fraction of sp³-hybridized carbons (Fsp3) is 0. The first-order chi connectivity index (χ1) is 13.5. The molecule has 1 amide bonds. The lowest BCUT2D eigenvalue weighted by molar-refractivity contribution is 0.0734. The summed E-state index contributed by atoms with van der Waals surface area (Å²) < 4.78 is 6.21. The summed E-state index contributed by atoms with van der Waals surface area (Å²) in [7, 11) is 0. The van der Waals surface area contributed by atoms with Gasteiger partial charge >= 0.3 is 5.97 Å². The topological polar surface area (TPSA) is 67.8 Å². The van der Waals surface area contributed by atoms with Gasteiger partial charge in [0, 0.05) is 15.1 Å². The van der Waals surface area contributed by atoms with Crippen molar-refractivity contribution in [2.24, 2.45) is 5.10 Å². The minimum atomic E-state index is -0.442. The maximum atomic E-state index is 12.1. The number of hydrogen-bond acceptors (Lipinski definition) is 4. The number of carbonyl (C=O) groups excluding carboxylic acids is 2. The van der Waals surface area contributed by atoms with Crippen LogP contribution in [0.2, 0.25) is 5.02 Å². The van der Waals surface area contributed by atoms with Gasteiger partial charge in [0.2, 0.25) is 0 Å². The molecular formula is C21H14BrClN2O3. The summed E-state index contributed by atoms with van der Waals surface area (Å²) in [5, 5.41) is 4.39. The maximum Gasteiger partial charge on any atom is 0.343 e. The number of carbonyl (C=O) groups is 2. The molecule has 0 radical (unpaired) electrons. The van der Waals surface area contributed by atoms with Crippen LogP contribution in [0.1, 0.15) is 26.3 Å². The molecule has 3 aromatic rings. The summed E-state index contributed by atoms with van der Waals surface area (Å²) in [6, 6.07) is 20.2. The predicted molar refractivity (Wildman–Crippen MR) is 112 cm³/mol. The summed E-state index contributed by atoms with van der Waals surface area (Å²) >= 11 is 9.18. The van der Waals surface area contributed by atoms with Gasteiger partial charge in [0.1, 0.15) is 5.75 Å². The van der Waals surface area contributed by atoms with Gasteiger partial charge in [-0.1, -0.05) is 33.6 Å². The second kappa shape index (κ2) is 9.30. The molecule has 7 heteroatoms. The number of nitrogens with one attached hydrogen (secondary N) is 1. The van der Waals surface area contributed by atoms with Crippen LogP contribution >= 0.6 is 27.5 Å². The average Bonchev–Trinajstić information content (AvgIpc) is 2.69. The third kappa shape index (κ3) is 5.52. The number of nitrogens with zero attached hydrogens (tertiary/aromatic N) is 1. The molecule has 0 heterocycles. The second-order valence-electron chi connectivity index (χ2n) is 5.67. The third-order valence-electron chi connectivity index (χ3n) is 3.64. The van der Waals surface area contributed by atoms with Crippen LogP contribution in [0.15, 0.2) is 82.4 Å². The fourth-order valence-electron chi connectivity index (χ4n) is 2.23. The van der Waals surface area contributed by atoms with Crippen LogP contribution in [-0.4, -0.2) is 18.1 Å². The maximum absolute atomic E-state index is 12.1. The molecule has 1 N–H and O–H groups in total. The first-order valence-electron chi connectivity index (χ1n) is 8.18. The van der Waals surface area contributed by atoms with Crippen molar-refractivity contribution in [1.29, 1.82) is 0 Å². The molecule has 0 saturated carbocycles. The molecule has 3 aromatic carbocycles. The Morgan fingerprint density at radius 3 is 2.36 bits per heavy atom. The van der Waals surface area contributed by atoms with E-state index in [1.54, 1.807) is 72.8 Å². The molecule has 28 heavy (non-hydrogen) atoms. The zero-order valence-electron chi connectivity index (χ0n) is 14.4. The molecule has 0 aromatic heterocycles. The molecule has 140 valence electrons. The van der Waals surface area contributed by atoms with Crippen molar-refractivity contribution in [1.82, 2.24) is 5.43 Å². The van der Waals surface area contributed by atoms with E-state index in [9.17, 15) is 9.59 Å². The highest BCUT2D eigenvalue weighted by Gasteiger charge is 2.08. The van der Waals surface area contributed by atoms with Gasteiger partial charge in [-0.25, -0.2) is 10.2 Å². The highest BCUT2D eigenvalue weighted by Crippen LogP contribution is 2.16. The molecule has 5 nitrogen and oxygen atoms in total. The van der Waals surface area contributed by atoms with Crippen LogP contribution in [0, 0.1) is 0 Å². The Hall–Kier alpha value is -2.96. The standard InChI is InChI=1S/C21H14BrClN2O3/c22-17-8-6-15(7-9-17)21(27)28-19-10-4-14(5-11-19)13-24-25-20(26)16-2-1-3-18(23)12-16/h1-13H,(H,25,26)/b24-13+. The van der Waals surface area contributed by atoms with Crippen LogP contribution in [0.4, 0.5) is 0 Å². The molecule has 0 bridgehead atoms. The van der Waals surface area contributed by atoms with Gasteiger partial charge in [-0.3, -0.25) is 4.79 Å². The molecule has 0 unspecified atom stereocenters. The Bertz CT molecular complexity index is 1020. The minimum Gasteiger partial charge on any atom is -0.423 e. The number of rotatable bonds is 5. The van der Waals surface area contributed by atoms with Crippen molar-refractivity contribution in [3.8, 4) is 5.75 Å². The average molecular weight is 458 g/mol. The Balaban J connectivity index is 1.56. The Kier molecular flexibility index (Phi) is 6.57. The van der Waals surface area contributed by atoms with Crippen LogP contribution in [0.5, 0.6) is 5.75 Å².